The Morgan fingerprint density at radius 2 is 1.73 bits per heavy atom. The molecular formula is C26H20N3S+. The highest BCUT2D eigenvalue weighted by molar-refractivity contribution is 7.18. The number of nitrogens with zero attached hydrogens (tertiary/aromatic N) is 3. The van der Waals surface area contributed by atoms with Crippen molar-refractivity contribution in [1.29, 1.82) is 0 Å². The van der Waals surface area contributed by atoms with E-state index in [2.05, 4.69) is 78.6 Å². The third-order valence-electron chi connectivity index (χ3n) is 6.92. The molecule has 0 bridgehead atoms. The number of benzene rings is 3. The lowest BCUT2D eigenvalue weighted by molar-refractivity contribution is -0.646. The van der Waals surface area contributed by atoms with Crippen LogP contribution in [-0.4, -0.2) is 9.38 Å². The highest BCUT2D eigenvalue weighted by atomic mass is 32.1. The molecule has 0 N–H and O–H groups in total. The van der Waals surface area contributed by atoms with Crippen LogP contribution < -0.4 is 4.57 Å². The van der Waals surface area contributed by atoms with Crippen LogP contribution in [0.1, 0.15) is 16.7 Å². The highest BCUT2D eigenvalue weighted by Crippen LogP contribution is 2.46. The van der Waals surface area contributed by atoms with Crippen LogP contribution in [0.25, 0.3) is 59.2 Å². The summed E-state index contributed by atoms with van der Waals surface area (Å²) in [6.07, 6.45) is 1.99. The first-order valence-corrected chi connectivity index (χ1v) is 11.2. The van der Waals surface area contributed by atoms with E-state index >= 15 is 0 Å². The van der Waals surface area contributed by atoms with E-state index in [1.807, 2.05) is 17.7 Å². The molecule has 0 unspecified atom stereocenters. The van der Waals surface area contributed by atoms with Crippen LogP contribution in [0, 0.1) is 20.8 Å². The van der Waals surface area contributed by atoms with Crippen LogP contribution in [0.15, 0.2) is 48.1 Å². The van der Waals surface area contributed by atoms with E-state index in [-0.39, 0.29) is 0 Å². The summed E-state index contributed by atoms with van der Waals surface area (Å²) in [5.74, 6) is 0. The molecule has 4 aromatic heterocycles. The summed E-state index contributed by atoms with van der Waals surface area (Å²) in [5.41, 5.74) is 10.3. The lowest BCUT2D eigenvalue weighted by Gasteiger charge is -2.16. The average molecular weight is 407 g/mol. The second-order valence-corrected chi connectivity index (χ2v) is 9.44. The van der Waals surface area contributed by atoms with Gasteiger partial charge in [-0.15, -0.1) is 11.3 Å². The van der Waals surface area contributed by atoms with Crippen molar-refractivity contribution in [3.05, 3.63) is 64.8 Å². The number of thiophene rings is 1. The van der Waals surface area contributed by atoms with Crippen LogP contribution in [0.4, 0.5) is 0 Å². The molecule has 144 valence electrons. The van der Waals surface area contributed by atoms with Gasteiger partial charge in [0.15, 0.2) is 5.52 Å². The van der Waals surface area contributed by atoms with Crippen LogP contribution >= 0.6 is 11.3 Å². The van der Waals surface area contributed by atoms with E-state index in [1.54, 1.807) is 0 Å². The summed E-state index contributed by atoms with van der Waals surface area (Å²) in [4.78, 5) is 4.94. The third kappa shape index (κ3) is 1.70. The molecule has 0 radical (unpaired) electrons. The number of rotatable bonds is 0. The number of hydrogen-bond acceptors (Lipinski definition) is 2. The fraction of sp³-hybridized carbons (Fsp3) is 0.154. The summed E-state index contributed by atoms with van der Waals surface area (Å²) >= 11 is 1.82. The van der Waals surface area contributed by atoms with Crippen LogP contribution in [-0.2, 0) is 7.05 Å². The van der Waals surface area contributed by atoms with Crippen molar-refractivity contribution < 1.29 is 4.57 Å². The number of aryl methyl sites for hydroxylation is 4. The molecule has 7 aromatic rings. The van der Waals surface area contributed by atoms with Gasteiger partial charge in [-0.2, -0.15) is 0 Å². The summed E-state index contributed by atoms with van der Waals surface area (Å²) in [5, 5.41) is 8.77. The van der Waals surface area contributed by atoms with Crippen molar-refractivity contribution in [2.45, 2.75) is 20.8 Å². The molecule has 3 nitrogen and oxygen atoms in total. The number of hydrogen-bond donors (Lipinski definition) is 0. The third-order valence-corrected chi connectivity index (χ3v) is 7.85. The van der Waals surface area contributed by atoms with Crippen LogP contribution in [0.5, 0.6) is 0 Å². The van der Waals surface area contributed by atoms with E-state index in [0.717, 1.165) is 5.52 Å². The lowest BCUT2D eigenvalue weighted by Crippen LogP contribution is -2.30. The first kappa shape index (κ1) is 16.5. The van der Waals surface area contributed by atoms with Gasteiger partial charge in [-0.05, 0) is 60.0 Å². The van der Waals surface area contributed by atoms with Crippen molar-refractivity contribution >= 4 is 70.6 Å². The summed E-state index contributed by atoms with van der Waals surface area (Å²) in [7, 11) is 2.13. The zero-order chi connectivity index (χ0) is 20.3. The first-order chi connectivity index (χ1) is 14.6. The molecule has 3 aromatic carbocycles. The fourth-order valence-corrected chi connectivity index (χ4v) is 6.52. The van der Waals surface area contributed by atoms with Crippen LogP contribution in [0.2, 0.25) is 0 Å². The van der Waals surface area contributed by atoms with Gasteiger partial charge in [0.1, 0.15) is 5.52 Å². The minimum Gasteiger partial charge on any atom is -0.307 e. The number of fused-ring (bicyclic) bond motifs is 9. The van der Waals surface area contributed by atoms with Gasteiger partial charge in [0.05, 0.1) is 29.0 Å². The van der Waals surface area contributed by atoms with Crippen molar-refractivity contribution in [2.24, 2.45) is 7.05 Å². The highest BCUT2D eigenvalue weighted by Gasteiger charge is 2.28. The Bertz CT molecular complexity index is 1810. The van der Waals surface area contributed by atoms with E-state index in [1.165, 1.54) is 70.4 Å². The molecule has 0 saturated carbocycles. The van der Waals surface area contributed by atoms with Gasteiger partial charge in [-0.3, -0.25) is 0 Å². The minimum atomic E-state index is 1.11. The number of aromatic nitrogens is 3. The Kier molecular flexibility index (Phi) is 2.90. The number of para-hydroxylation sites is 1. The summed E-state index contributed by atoms with van der Waals surface area (Å²) < 4.78 is 6.06. The molecule has 0 spiro atoms. The van der Waals surface area contributed by atoms with Crippen molar-refractivity contribution in [3.8, 4) is 0 Å². The van der Waals surface area contributed by atoms with E-state index in [9.17, 15) is 0 Å². The molecule has 0 aliphatic rings. The Labute approximate surface area is 177 Å². The predicted molar refractivity (Wildman–Crippen MR) is 127 cm³/mol. The maximum absolute atomic E-state index is 4.94. The van der Waals surface area contributed by atoms with E-state index in [0.29, 0.717) is 0 Å². The molecule has 7 rings (SSSR count). The quantitative estimate of drug-likeness (QED) is 0.163. The monoisotopic (exact) mass is 406 g/mol. The molecule has 0 fully saturated rings. The smallest absolute Gasteiger partial charge is 0.287 e. The maximum atomic E-state index is 4.94. The SMILES string of the molecule is Cc1cc(C)c2c(c1C)c1c3c(nc[n+]1C)c1ccsc1c1c4ccccc4n2c13. The molecule has 0 amide bonds. The summed E-state index contributed by atoms with van der Waals surface area (Å²) in [6, 6.07) is 13.4. The minimum absolute atomic E-state index is 1.11. The zero-order valence-corrected chi connectivity index (χ0v) is 18.2. The van der Waals surface area contributed by atoms with Crippen molar-refractivity contribution in [2.75, 3.05) is 0 Å². The number of pyridine rings is 1. The van der Waals surface area contributed by atoms with Crippen molar-refractivity contribution in [3.63, 3.8) is 0 Å². The van der Waals surface area contributed by atoms with Crippen molar-refractivity contribution in [1.82, 2.24) is 9.38 Å². The standard InChI is InChI=1S/C26H20N3S/c1-13-11-14(2)23-19(15(13)3)24-21-22(27-12-28(24)4)17-9-10-30-26(17)20-16-7-5-6-8-18(16)29(23)25(20)21/h5-12H,1-4H3/q+1. The second kappa shape index (κ2) is 5.27. The van der Waals surface area contributed by atoms with Gasteiger partial charge in [0.2, 0.25) is 0 Å². The van der Waals surface area contributed by atoms with E-state index < -0.39 is 0 Å². The largest absolute Gasteiger partial charge is 0.307 e. The molecule has 0 saturated heterocycles. The molecule has 4 heteroatoms. The van der Waals surface area contributed by atoms with Gasteiger partial charge in [-0.1, -0.05) is 24.3 Å². The van der Waals surface area contributed by atoms with E-state index in [4.69, 9.17) is 4.98 Å². The molecule has 0 aliphatic carbocycles. The Hall–Kier alpha value is -3.24. The normalized spacial score (nSPS) is 12.7. The Morgan fingerprint density at radius 3 is 2.60 bits per heavy atom. The second-order valence-electron chi connectivity index (χ2n) is 8.53. The summed E-state index contributed by atoms with van der Waals surface area (Å²) in [6.45, 7) is 6.73. The fourth-order valence-electron chi connectivity index (χ4n) is 5.56. The molecular weight excluding hydrogens is 386 g/mol. The average Bonchev–Trinajstić information content (AvgIpc) is 3.35. The zero-order valence-electron chi connectivity index (χ0n) is 17.4. The van der Waals surface area contributed by atoms with Gasteiger partial charge >= 0.3 is 0 Å². The maximum Gasteiger partial charge on any atom is 0.287 e. The van der Waals surface area contributed by atoms with Crippen LogP contribution in [0.3, 0.4) is 0 Å². The Morgan fingerprint density at radius 1 is 0.900 bits per heavy atom. The lowest BCUT2D eigenvalue weighted by atomic mass is 9.96. The molecule has 4 heterocycles. The first-order valence-electron chi connectivity index (χ1n) is 10.3. The molecule has 0 atom stereocenters. The predicted octanol–water partition coefficient (Wildman–Crippen LogP) is 6.35. The topological polar surface area (TPSA) is 21.2 Å². The van der Waals surface area contributed by atoms with Gasteiger partial charge < -0.3 is 4.40 Å². The van der Waals surface area contributed by atoms with Gasteiger partial charge in [0.25, 0.3) is 6.33 Å². The van der Waals surface area contributed by atoms with Gasteiger partial charge in [0, 0.05) is 26.2 Å². The molecule has 30 heavy (non-hydrogen) atoms. The Balaban J connectivity index is 2.07. The molecule has 0 aliphatic heterocycles. The van der Waals surface area contributed by atoms with Gasteiger partial charge in [-0.25, -0.2) is 4.57 Å².